The Labute approximate surface area is 98.8 Å². The summed E-state index contributed by atoms with van der Waals surface area (Å²) in [4.78, 5) is 2.56. The van der Waals surface area contributed by atoms with Crippen LogP contribution in [0.15, 0.2) is 0 Å². The number of aliphatic hydroxyl groups excluding tert-OH is 1. The van der Waals surface area contributed by atoms with E-state index >= 15 is 0 Å². The van der Waals surface area contributed by atoms with E-state index in [9.17, 15) is 5.11 Å². The van der Waals surface area contributed by atoms with Gasteiger partial charge >= 0.3 is 0 Å². The number of aliphatic hydroxyl groups is 1. The summed E-state index contributed by atoms with van der Waals surface area (Å²) in [6, 6.07) is 1.09. The highest BCUT2D eigenvalue weighted by atomic mass is 16.5. The summed E-state index contributed by atoms with van der Waals surface area (Å²) in [6.45, 7) is 4.22. The summed E-state index contributed by atoms with van der Waals surface area (Å²) in [7, 11) is 1.77. The summed E-state index contributed by atoms with van der Waals surface area (Å²) in [5, 5.41) is 10.0. The van der Waals surface area contributed by atoms with E-state index in [1.54, 1.807) is 7.11 Å². The molecule has 3 heteroatoms. The van der Waals surface area contributed by atoms with Gasteiger partial charge in [0.15, 0.2) is 0 Å². The van der Waals surface area contributed by atoms with Gasteiger partial charge in [0.25, 0.3) is 0 Å². The first-order valence-corrected chi connectivity index (χ1v) is 6.66. The fourth-order valence-electron chi connectivity index (χ4n) is 3.58. The lowest BCUT2D eigenvalue weighted by Crippen LogP contribution is -2.45. The van der Waals surface area contributed by atoms with Crippen molar-refractivity contribution < 1.29 is 9.84 Å². The first kappa shape index (κ1) is 12.3. The van der Waals surface area contributed by atoms with Gasteiger partial charge < -0.3 is 9.84 Å². The van der Waals surface area contributed by atoms with E-state index in [2.05, 4.69) is 11.8 Å². The van der Waals surface area contributed by atoms with Crippen molar-refractivity contribution >= 4 is 0 Å². The number of hydrogen-bond donors (Lipinski definition) is 1. The molecular weight excluding hydrogens is 202 g/mol. The molecule has 0 bridgehead atoms. The Morgan fingerprint density at radius 1 is 1.31 bits per heavy atom. The summed E-state index contributed by atoms with van der Waals surface area (Å²) in [5.74, 6) is 0.516. The molecule has 0 amide bonds. The minimum absolute atomic E-state index is 0.0552. The Hall–Kier alpha value is -0.120. The third-order valence-electron chi connectivity index (χ3n) is 4.34. The minimum atomic E-state index is -0.0552. The third-order valence-corrected chi connectivity index (χ3v) is 4.34. The SMILES string of the molecule is COCC(C)N1CCCC1C1CCCC1O. The molecule has 1 heterocycles. The van der Waals surface area contributed by atoms with E-state index < -0.39 is 0 Å². The normalized spacial score (nSPS) is 38.1. The molecule has 4 unspecified atom stereocenters. The number of likely N-dealkylation sites (tertiary alicyclic amines) is 1. The van der Waals surface area contributed by atoms with Gasteiger partial charge in [-0.25, -0.2) is 0 Å². The van der Waals surface area contributed by atoms with E-state index in [0.29, 0.717) is 18.0 Å². The first-order chi connectivity index (χ1) is 7.74. The van der Waals surface area contributed by atoms with Gasteiger partial charge in [-0.3, -0.25) is 4.90 Å². The number of rotatable bonds is 4. The van der Waals surface area contributed by atoms with Crippen molar-refractivity contribution in [3.8, 4) is 0 Å². The van der Waals surface area contributed by atoms with Gasteiger partial charge in [0.2, 0.25) is 0 Å². The molecule has 2 aliphatic rings. The smallest absolute Gasteiger partial charge is 0.0615 e. The third kappa shape index (κ3) is 2.41. The Bertz CT molecular complexity index is 222. The van der Waals surface area contributed by atoms with Crippen LogP contribution >= 0.6 is 0 Å². The largest absolute Gasteiger partial charge is 0.393 e. The number of hydrogen-bond acceptors (Lipinski definition) is 3. The van der Waals surface area contributed by atoms with Crippen LogP contribution in [0.1, 0.15) is 39.0 Å². The van der Waals surface area contributed by atoms with Crippen molar-refractivity contribution in [1.29, 1.82) is 0 Å². The Kier molecular flexibility index (Phi) is 4.22. The second-order valence-corrected chi connectivity index (χ2v) is 5.41. The summed E-state index contributed by atoms with van der Waals surface area (Å²) < 4.78 is 5.25. The molecule has 2 rings (SSSR count). The number of nitrogens with zero attached hydrogens (tertiary/aromatic N) is 1. The highest BCUT2D eigenvalue weighted by molar-refractivity contribution is 4.93. The van der Waals surface area contributed by atoms with Gasteiger partial charge in [0.1, 0.15) is 0 Å². The van der Waals surface area contributed by atoms with E-state index in [1.165, 1.54) is 32.2 Å². The topological polar surface area (TPSA) is 32.7 Å². The average Bonchev–Trinajstić information content (AvgIpc) is 2.85. The van der Waals surface area contributed by atoms with Crippen LogP contribution in [0.25, 0.3) is 0 Å². The Morgan fingerprint density at radius 2 is 2.12 bits per heavy atom. The van der Waals surface area contributed by atoms with Gasteiger partial charge in [-0.15, -0.1) is 0 Å². The molecule has 94 valence electrons. The molecule has 1 saturated heterocycles. The molecule has 1 aliphatic heterocycles. The molecule has 4 atom stereocenters. The maximum atomic E-state index is 10.0. The van der Waals surface area contributed by atoms with Crippen LogP contribution in [0.4, 0.5) is 0 Å². The molecule has 1 N–H and O–H groups in total. The zero-order valence-electron chi connectivity index (χ0n) is 10.6. The lowest BCUT2D eigenvalue weighted by molar-refractivity contribution is 0.0357. The van der Waals surface area contributed by atoms with Gasteiger partial charge in [-0.1, -0.05) is 6.42 Å². The van der Waals surface area contributed by atoms with Gasteiger partial charge in [0.05, 0.1) is 12.7 Å². The molecule has 3 nitrogen and oxygen atoms in total. The molecule has 0 spiro atoms. The maximum absolute atomic E-state index is 10.0. The molecule has 0 radical (unpaired) electrons. The molecule has 1 aliphatic carbocycles. The lowest BCUT2D eigenvalue weighted by Gasteiger charge is -2.35. The summed E-state index contributed by atoms with van der Waals surface area (Å²) in [5.41, 5.74) is 0. The molecule has 0 aromatic rings. The molecule has 0 aromatic carbocycles. The molecular formula is C13H25NO2. The predicted molar refractivity (Wildman–Crippen MR) is 64.4 cm³/mol. The van der Waals surface area contributed by atoms with Crippen molar-refractivity contribution in [2.24, 2.45) is 5.92 Å². The molecule has 0 aromatic heterocycles. The summed E-state index contributed by atoms with van der Waals surface area (Å²) >= 11 is 0. The van der Waals surface area contributed by atoms with E-state index in [4.69, 9.17) is 4.74 Å². The van der Waals surface area contributed by atoms with E-state index in [1.807, 2.05) is 0 Å². The van der Waals surface area contributed by atoms with Crippen LogP contribution in [0.3, 0.4) is 0 Å². The second kappa shape index (κ2) is 5.48. The molecule has 2 fully saturated rings. The van der Waals surface area contributed by atoms with Crippen molar-refractivity contribution in [2.75, 3.05) is 20.3 Å². The minimum Gasteiger partial charge on any atom is -0.393 e. The zero-order chi connectivity index (χ0) is 11.5. The zero-order valence-corrected chi connectivity index (χ0v) is 10.6. The fraction of sp³-hybridized carbons (Fsp3) is 1.00. The maximum Gasteiger partial charge on any atom is 0.0615 e. The van der Waals surface area contributed by atoms with Crippen molar-refractivity contribution in [2.45, 2.75) is 57.2 Å². The summed E-state index contributed by atoms with van der Waals surface area (Å²) in [6.07, 6.45) is 5.91. The molecule has 1 saturated carbocycles. The average molecular weight is 227 g/mol. The predicted octanol–water partition coefficient (Wildman–Crippen LogP) is 1.65. The van der Waals surface area contributed by atoms with Crippen LogP contribution < -0.4 is 0 Å². The van der Waals surface area contributed by atoms with Gasteiger partial charge in [0, 0.05) is 25.1 Å². The van der Waals surface area contributed by atoms with Crippen LogP contribution in [0, 0.1) is 5.92 Å². The number of ether oxygens (including phenoxy) is 1. The van der Waals surface area contributed by atoms with Crippen LogP contribution in [0.5, 0.6) is 0 Å². The van der Waals surface area contributed by atoms with E-state index in [0.717, 1.165) is 13.0 Å². The highest BCUT2D eigenvalue weighted by Gasteiger charge is 2.39. The second-order valence-electron chi connectivity index (χ2n) is 5.41. The van der Waals surface area contributed by atoms with Crippen molar-refractivity contribution in [1.82, 2.24) is 4.90 Å². The quantitative estimate of drug-likeness (QED) is 0.792. The standard InChI is InChI=1S/C13H25NO2/c1-10(9-16-2)14-8-4-6-12(14)11-5-3-7-13(11)15/h10-13,15H,3-9H2,1-2H3. The Morgan fingerprint density at radius 3 is 2.75 bits per heavy atom. The number of methoxy groups -OCH3 is 1. The van der Waals surface area contributed by atoms with Crippen molar-refractivity contribution in [3.63, 3.8) is 0 Å². The van der Waals surface area contributed by atoms with Crippen LogP contribution in [0.2, 0.25) is 0 Å². The Balaban J connectivity index is 1.97. The molecule has 16 heavy (non-hydrogen) atoms. The first-order valence-electron chi connectivity index (χ1n) is 6.66. The van der Waals surface area contributed by atoms with Crippen LogP contribution in [-0.4, -0.2) is 48.5 Å². The fourth-order valence-corrected chi connectivity index (χ4v) is 3.58. The van der Waals surface area contributed by atoms with Crippen LogP contribution in [-0.2, 0) is 4.74 Å². The van der Waals surface area contributed by atoms with Gasteiger partial charge in [-0.05, 0) is 39.2 Å². The lowest BCUT2D eigenvalue weighted by atomic mass is 9.93. The highest BCUT2D eigenvalue weighted by Crippen LogP contribution is 2.36. The van der Waals surface area contributed by atoms with E-state index in [-0.39, 0.29) is 6.10 Å². The monoisotopic (exact) mass is 227 g/mol. The van der Waals surface area contributed by atoms with Gasteiger partial charge in [-0.2, -0.15) is 0 Å². The van der Waals surface area contributed by atoms with Crippen molar-refractivity contribution in [3.05, 3.63) is 0 Å².